The van der Waals surface area contributed by atoms with Crippen LogP contribution >= 0.6 is 0 Å². The average molecular weight is 284 g/mol. The molecule has 21 heavy (non-hydrogen) atoms. The summed E-state index contributed by atoms with van der Waals surface area (Å²) >= 11 is 0. The minimum atomic E-state index is -0.351. The molecule has 3 rings (SSSR count). The molecule has 2 N–H and O–H groups in total. The number of benzene rings is 1. The van der Waals surface area contributed by atoms with Gasteiger partial charge in [-0.1, -0.05) is 19.1 Å². The smallest absolute Gasteiger partial charge is 0.258 e. The highest BCUT2D eigenvalue weighted by molar-refractivity contribution is 5.86. The Morgan fingerprint density at radius 3 is 2.81 bits per heavy atom. The summed E-state index contributed by atoms with van der Waals surface area (Å²) in [5.41, 5.74) is 7.17. The van der Waals surface area contributed by atoms with Gasteiger partial charge in [-0.25, -0.2) is 4.39 Å². The summed E-state index contributed by atoms with van der Waals surface area (Å²) in [5.74, 6) is -0.344. The van der Waals surface area contributed by atoms with Crippen molar-refractivity contribution in [1.29, 1.82) is 0 Å². The lowest BCUT2D eigenvalue weighted by molar-refractivity contribution is 0.574. The number of hydrogen-bond donors (Lipinski definition) is 1. The summed E-state index contributed by atoms with van der Waals surface area (Å²) in [5, 5.41) is 1.18. The van der Waals surface area contributed by atoms with E-state index < -0.39 is 0 Å². The number of aryl methyl sites for hydroxylation is 1. The summed E-state index contributed by atoms with van der Waals surface area (Å²) in [4.78, 5) is 12.2. The standard InChI is InChI=1S/C17H17FN2O/c1-17(7-3-4-12(19)9-17)15-10-20(2)16(21)13-6-5-11(18)8-14(13)15/h3-8,10H,9,19H2,1-2H3. The first-order valence-electron chi connectivity index (χ1n) is 6.84. The lowest BCUT2D eigenvalue weighted by Gasteiger charge is -2.30. The molecule has 1 atom stereocenters. The highest BCUT2D eigenvalue weighted by atomic mass is 19.1. The first-order valence-corrected chi connectivity index (χ1v) is 6.84. The van der Waals surface area contributed by atoms with Crippen LogP contribution < -0.4 is 11.3 Å². The minimum absolute atomic E-state index is 0.124. The van der Waals surface area contributed by atoms with Gasteiger partial charge in [-0.15, -0.1) is 0 Å². The molecule has 1 aromatic heterocycles. The maximum absolute atomic E-state index is 13.7. The van der Waals surface area contributed by atoms with E-state index in [9.17, 15) is 9.18 Å². The quantitative estimate of drug-likeness (QED) is 0.875. The number of nitrogens with zero attached hydrogens (tertiary/aromatic N) is 1. The van der Waals surface area contributed by atoms with Gasteiger partial charge in [0.05, 0.1) is 0 Å². The molecule has 0 fully saturated rings. The normalized spacial score (nSPS) is 21.6. The summed E-state index contributed by atoms with van der Waals surface area (Å²) in [6, 6.07) is 4.30. The van der Waals surface area contributed by atoms with Crippen LogP contribution in [0.4, 0.5) is 4.39 Å². The van der Waals surface area contributed by atoms with Crippen LogP contribution in [0.5, 0.6) is 0 Å². The van der Waals surface area contributed by atoms with Crippen LogP contribution in [0.25, 0.3) is 10.8 Å². The highest BCUT2D eigenvalue weighted by Crippen LogP contribution is 2.37. The molecular formula is C17H17FN2O. The number of nitrogens with two attached hydrogens (primary N) is 1. The van der Waals surface area contributed by atoms with Gasteiger partial charge in [0.2, 0.25) is 0 Å². The van der Waals surface area contributed by atoms with Crippen molar-refractivity contribution >= 4 is 10.8 Å². The van der Waals surface area contributed by atoms with Crippen LogP contribution in [0.2, 0.25) is 0 Å². The largest absolute Gasteiger partial charge is 0.402 e. The summed E-state index contributed by atoms with van der Waals surface area (Å²) < 4.78 is 15.2. The molecule has 1 aliphatic carbocycles. The van der Waals surface area contributed by atoms with Gasteiger partial charge in [0.1, 0.15) is 5.82 Å². The molecule has 3 nitrogen and oxygen atoms in total. The fourth-order valence-corrected chi connectivity index (χ4v) is 3.00. The first kappa shape index (κ1) is 13.6. The van der Waals surface area contributed by atoms with Crippen molar-refractivity contribution in [2.75, 3.05) is 0 Å². The molecule has 0 bridgehead atoms. The average Bonchev–Trinajstić information content (AvgIpc) is 2.42. The molecule has 1 unspecified atom stereocenters. The first-order chi connectivity index (χ1) is 9.90. The maximum atomic E-state index is 13.7. The number of pyridine rings is 1. The van der Waals surface area contributed by atoms with Gasteiger partial charge < -0.3 is 10.3 Å². The third kappa shape index (κ3) is 2.17. The molecular weight excluding hydrogens is 267 g/mol. The zero-order valence-corrected chi connectivity index (χ0v) is 12.1. The molecule has 0 saturated heterocycles. The predicted octanol–water partition coefficient (Wildman–Crippen LogP) is 2.74. The van der Waals surface area contributed by atoms with Crippen LogP contribution in [0.15, 0.2) is 53.1 Å². The van der Waals surface area contributed by atoms with Crippen LogP contribution in [0.1, 0.15) is 18.9 Å². The van der Waals surface area contributed by atoms with E-state index in [1.54, 1.807) is 23.9 Å². The number of hydrogen-bond acceptors (Lipinski definition) is 2. The van der Waals surface area contributed by atoms with Crippen LogP contribution in [-0.2, 0) is 12.5 Å². The molecule has 1 heterocycles. The Balaban J connectivity index is 2.35. The Hall–Kier alpha value is -2.36. The molecule has 108 valence electrons. The molecule has 0 aliphatic heterocycles. The number of halogens is 1. The van der Waals surface area contributed by atoms with Gasteiger partial charge in [-0.05, 0) is 41.6 Å². The minimum Gasteiger partial charge on any atom is -0.402 e. The third-order valence-corrected chi connectivity index (χ3v) is 4.11. The lowest BCUT2D eigenvalue weighted by Crippen LogP contribution is -2.28. The van der Waals surface area contributed by atoms with E-state index in [4.69, 9.17) is 5.73 Å². The van der Waals surface area contributed by atoms with E-state index in [1.165, 1.54) is 12.1 Å². The van der Waals surface area contributed by atoms with Crippen molar-refractivity contribution in [2.24, 2.45) is 12.8 Å². The van der Waals surface area contributed by atoms with Gasteiger partial charge in [0.25, 0.3) is 5.56 Å². The fraction of sp³-hybridized carbons (Fsp3) is 0.235. The second kappa shape index (κ2) is 4.58. The van der Waals surface area contributed by atoms with Gasteiger partial charge in [-0.3, -0.25) is 4.79 Å². The highest BCUT2D eigenvalue weighted by Gasteiger charge is 2.29. The Bertz CT molecular complexity index is 848. The van der Waals surface area contributed by atoms with E-state index in [2.05, 4.69) is 0 Å². The second-order valence-electron chi connectivity index (χ2n) is 5.84. The van der Waals surface area contributed by atoms with Gasteiger partial charge in [0, 0.05) is 29.7 Å². The monoisotopic (exact) mass is 284 g/mol. The number of aromatic nitrogens is 1. The molecule has 1 aromatic carbocycles. The number of allylic oxidation sites excluding steroid dienone is 4. The number of fused-ring (bicyclic) bond motifs is 1. The van der Waals surface area contributed by atoms with Crippen molar-refractivity contribution in [3.05, 3.63) is 70.1 Å². The molecule has 0 spiro atoms. The van der Waals surface area contributed by atoms with E-state index in [-0.39, 0.29) is 16.8 Å². The SMILES string of the molecule is Cn1cc(C2(C)C=CC=C(N)C2)c2cc(F)ccc2c1=O. The van der Waals surface area contributed by atoms with Crippen LogP contribution in [0, 0.1) is 5.82 Å². The Morgan fingerprint density at radius 2 is 2.10 bits per heavy atom. The second-order valence-corrected chi connectivity index (χ2v) is 5.84. The Kier molecular flexibility index (Phi) is 2.97. The Morgan fingerprint density at radius 1 is 1.33 bits per heavy atom. The van der Waals surface area contributed by atoms with Gasteiger partial charge in [-0.2, -0.15) is 0 Å². The van der Waals surface area contributed by atoms with Crippen LogP contribution in [-0.4, -0.2) is 4.57 Å². The molecule has 0 radical (unpaired) electrons. The molecule has 0 amide bonds. The van der Waals surface area contributed by atoms with Crippen molar-refractivity contribution < 1.29 is 4.39 Å². The van der Waals surface area contributed by atoms with Crippen molar-refractivity contribution in [3.63, 3.8) is 0 Å². The zero-order valence-electron chi connectivity index (χ0n) is 12.1. The van der Waals surface area contributed by atoms with E-state index in [0.29, 0.717) is 17.2 Å². The van der Waals surface area contributed by atoms with Gasteiger partial charge >= 0.3 is 0 Å². The Labute approximate surface area is 122 Å². The van der Waals surface area contributed by atoms with Gasteiger partial charge in [0.15, 0.2) is 0 Å². The van der Waals surface area contributed by atoms with Crippen molar-refractivity contribution in [3.8, 4) is 0 Å². The van der Waals surface area contributed by atoms with E-state index >= 15 is 0 Å². The summed E-state index contributed by atoms with van der Waals surface area (Å²) in [6.45, 7) is 2.05. The number of rotatable bonds is 1. The lowest BCUT2D eigenvalue weighted by atomic mass is 9.75. The van der Waals surface area contributed by atoms with E-state index in [0.717, 1.165) is 11.3 Å². The third-order valence-electron chi connectivity index (χ3n) is 4.11. The molecule has 4 heteroatoms. The topological polar surface area (TPSA) is 48.0 Å². The zero-order chi connectivity index (χ0) is 15.2. The summed E-state index contributed by atoms with van der Waals surface area (Å²) in [7, 11) is 1.71. The van der Waals surface area contributed by atoms with Crippen molar-refractivity contribution in [1.82, 2.24) is 4.57 Å². The molecule has 0 saturated carbocycles. The molecule has 2 aromatic rings. The summed E-state index contributed by atoms with van der Waals surface area (Å²) in [6.07, 6.45) is 8.26. The molecule has 1 aliphatic rings. The fourth-order valence-electron chi connectivity index (χ4n) is 3.00. The van der Waals surface area contributed by atoms with Crippen LogP contribution in [0.3, 0.4) is 0 Å². The maximum Gasteiger partial charge on any atom is 0.258 e. The predicted molar refractivity (Wildman–Crippen MR) is 82.5 cm³/mol. The van der Waals surface area contributed by atoms with E-state index in [1.807, 2.05) is 25.2 Å². The van der Waals surface area contributed by atoms with Crippen molar-refractivity contribution in [2.45, 2.75) is 18.8 Å².